The highest BCUT2D eigenvalue weighted by Gasteiger charge is 2.37. The Morgan fingerprint density at radius 1 is 0.862 bits per heavy atom. The van der Waals surface area contributed by atoms with Crippen LogP contribution in [0.3, 0.4) is 0 Å². The van der Waals surface area contributed by atoms with Gasteiger partial charge in [-0.15, -0.1) is 0 Å². The summed E-state index contributed by atoms with van der Waals surface area (Å²) in [4.78, 5) is 0. The van der Waals surface area contributed by atoms with Gasteiger partial charge in [-0.25, -0.2) is 8.78 Å². The van der Waals surface area contributed by atoms with E-state index in [0.29, 0.717) is 12.0 Å². The zero-order chi connectivity index (χ0) is 20.8. The van der Waals surface area contributed by atoms with Gasteiger partial charge >= 0.3 is 6.18 Å². The lowest BCUT2D eigenvalue weighted by molar-refractivity contribution is -0.139. The lowest BCUT2D eigenvalue weighted by atomic mass is 9.63. The molecule has 0 N–H and O–H groups in total. The molecule has 4 atom stereocenters. The van der Waals surface area contributed by atoms with Crippen molar-refractivity contribution < 1.29 is 22.0 Å². The molecule has 5 heteroatoms. The molecule has 0 aliphatic heterocycles. The van der Waals surface area contributed by atoms with Crippen LogP contribution >= 0.6 is 0 Å². The number of alkyl halides is 3. The third-order valence-corrected chi connectivity index (χ3v) is 7.21. The number of benzene rings is 2. The van der Waals surface area contributed by atoms with Crippen molar-refractivity contribution in [2.75, 3.05) is 0 Å². The van der Waals surface area contributed by atoms with Gasteiger partial charge in [-0.05, 0) is 84.9 Å². The van der Waals surface area contributed by atoms with E-state index in [4.69, 9.17) is 0 Å². The van der Waals surface area contributed by atoms with Crippen LogP contribution in [0.2, 0.25) is 0 Å². The first-order valence-electron chi connectivity index (χ1n) is 10.8. The molecule has 2 aliphatic rings. The quantitative estimate of drug-likeness (QED) is 0.447. The Morgan fingerprint density at radius 3 is 2.31 bits per heavy atom. The SMILES string of the molecule is CCC[C@@H]1CC[C@@H]2CC(c3cc(F)c4cc(C(F)(F)F)c(F)cc4c3)CCC2C1. The summed E-state index contributed by atoms with van der Waals surface area (Å²) in [6, 6.07) is 4.48. The van der Waals surface area contributed by atoms with Gasteiger partial charge in [0.1, 0.15) is 11.6 Å². The Balaban J connectivity index is 1.58. The molecule has 29 heavy (non-hydrogen) atoms. The third-order valence-electron chi connectivity index (χ3n) is 7.21. The molecule has 0 nitrogen and oxygen atoms in total. The van der Waals surface area contributed by atoms with Crippen LogP contribution in [-0.2, 0) is 6.18 Å². The summed E-state index contributed by atoms with van der Waals surface area (Å²) in [7, 11) is 0. The minimum Gasteiger partial charge on any atom is -0.206 e. The average molecular weight is 410 g/mol. The maximum Gasteiger partial charge on any atom is 0.419 e. The summed E-state index contributed by atoms with van der Waals surface area (Å²) in [5, 5.41) is 0.0375. The van der Waals surface area contributed by atoms with Crippen LogP contribution in [0.5, 0.6) is 0 Å². The highest BCUT2D eigenvalue weighted by molar-refractivity contribution is 5.85. The van der Waals surface area contributed by atoms with Crippen molar-refractivity contribution in [2.24, 2.45) is 17.8 Å². The van der Waals surface area contributed by atoms with Gasteiger partial charge in [-0.1, -0.05) is 32.3 Å². The highest BCUT2D eigenvalue weighted by Crippen LogP contribution is 2.48. The predicted molar refractivity (Wildman–Crippen MR) is 105 cm³/mol. The smallest absolute Gasteiger partial charge is 0.206 e. The molecule has 0 saturated heterocycles. The Labute approximate surface area is 168 Å². The van der Waals surface area contributed by atoms with Crippen LogP contribution in [0, 0.1) is 29.4 Å². The molecule has 4 rings (SSSR count). The Morgan fingerprint density at radius 2 is 1.59 bits per heavy atom. The second-order valence-electron chi connectivity index (χ2n) is 9.05. The van der Waals surface area contributed by atoms with Gasteiger partial charge in [0.2, 0.25) is 0 Å². The van der Waals surface area contributed by atoms with Crippen LogP contribution in [0.4, 0.5) is 22.0 Å². The minimum absolute atomic E-state index is 0.170. The molecule has 158 valence electrons. The summed E-state index contributed by atoms with van der Waals surface area (Å²) >= 11 is 0. The lowest BCUT2D eigenvalue weighted by Crippen LogP contribution is -2.30. The largest absolute Gasteiger partial charge is 0.419 e. The van der Waals surface area contributed by atoms with Gasteiger partial charge in [0, 0.05) is 5.39 Å². The van der Waals surface area contributed by atoms with Gasteiger partial charge in [0.15, 0.2) is 0 Å². The molecule has 2 aliphatic carbocycles. The molecule has 2 fully saturated rings. The molecule has 2 aromatic carbocycles. The monoisotopic (exact) mass is 410 g/mol. The zero-order valence-electron chi connectivity index (χ0n) is 16.7. The van der Waals surface area contributed by atoms with Gasteiger partial charge in [-0.3, -0.25) is 0 Å². The van der Waals surface area contributed by atoms with Crippen molar-refractivity contribution in [1.82, 2.24) is 0 Å². The summed E-state index contributed by atoms with van der Waals surface area (Å²) < 4.78 is 67.5. The van der Waals surface area contributed by atoms with Crippen molar-refractivity contribution in [3.63, 3.8) is 0 Å². The van der Waals surface area contributed by atoms with Gasteiger partial charge in [0.05, 0.1) is 5.56 Å². The second-order valence-corrected chi connectivity index (χ2v) is 9.05. The van der Waals surface area contributed by atoms with Crippen molar-refractivity contribution in [2.45, 2.75) is 70.4 Å². The van der Waals surface area contributed by atoms with Crippen LogP contribution in [0.15, 0.2) is 24.3 Å². The molecule has 0 heterocycles. The number of fused-ring (bicyclic) bond motifs is 2. The van der Waals surface area contributed by atoms with E-state index in [0.717, 1.165) is 42.7 Å². The molecule has 0 radical (unpaired) electrons. The molecular formula is C24H27F5. The first-order valence-corrected chi connectivity index (χ1v) is 10.8. The van der Waals surface area contributed by atoms with Gasteiger partial charge < -0.3 is 0 Å². The molecule has 0 aromatic heterocycles. The fraction of sp³-hybridized carbons (Fsp3) is 0.583. The average Bonchev–Trinajstić information content (AvgIpc) is 2.66. The summed E-state index contributed by atoms with van der Waals surface area (Å²) in [6.07, 6.45) is 4.55. The molecule has 0 amide bonds. The molecule has 2 aromatic rings. The fourth-order valence-electron chi connectivity index (χ4n) is 5.77. The standard InChI is InChI=1S/C24H27F5/c1-2-3-14-4-5-16-9-17(7-6-15(16)8-14)18-10-19-12-23(26)21(24(27,28)29)13-20(19)22(25)11-18/h10-17H,2-9H2,1H3/t14-,15?,16-,17?/m1/s1. The molecule has 2 unspecified atom stereocenters. The number of hydrogen-bond donors (Lipinski definition) is 0. The maximum absolute atomic E-state index is 14.7. The van der Waals surface area contributed by atoms with E-state index in [9.17, 15) is 22.0 Å². The topological polar surface area (TPSA) is 0 Å². The van der Waals surface area contributed by atoms with E-state index >= 15 is 0 Å². The first-order chi connectivity index (χ1) is 13.8. The van der Waals surface area contributed by atoms with E-state index in [1.165, 1.54) is 38.2 Å². The van der Waals surface area contributed by atoms with Crippen LogP contribution in [-0.4, -0.2) is 0 Å². The Kier molecular flexibility index (Phi) is 5.60. The molecular weight excluding hydrogens is 383 g/mol. The highest BCUT2D eigenvalue weighted by atomic mass is 19.4. The summed E-state index contributed by atoms with van der Waals surface area (Å²) in [5.74, 6) is 0.375. The van der Waals surface area contributed by atoms with Crippen molar-refractivity contribution in [3.8, 4) is 0 Å². The number of halogens is 5. The Bertz CT molecular complexity index is 885. The van der Waals surface area contributed by atoms with E-state index in [2.05, 4.69) is 6.92 Å². The van der Waals surface area contributed by atoms with Crippen molar-refractivity contribution >= 4 is 10.8 Å². The number of hydrogen-bond acceptors (Lipinski definition) is 0. The second kappa shape index (κ2) is 7.88. The van der Waals surface area contributed by atoms with E-state index in [1.54, 1.807) is 6.07 Å². The van der Waals surface area contributed by atoms with Gasteiger partial charge in [-0.2, -0.15) is 13.2 Å². The maximum atomic E-state index is 14.7. The minimum atomic E-state index is -4.83. The molecule has 0 bridgehead atoms. The third kappa shape index (κ3) is 4.15. The predicted octanol–water partition coefficient (Wildman–Crippen LogP) is 8.24. The first kappa shape index (κ1) is 20.6. The number of rotatable bonds is 3. The fourth-order valence-corrected chi connectivity index (χ4v) is 5.77. The van der Waals surface area contributed by atoms with E-state index in [-0.39, 0.29) is 16.7 Å². The normalized spacial score (nSPS) is 27.8. The molecule has 2 saturated carbocycles. The van der Waals surface area contributed by atoms with Crippen molar-refractivity contribution in [3.05, 3.63) is 47.0 Å². The Hall–Kier alpha value is -1.65. The van der Waals surface area contributed by atoms with E-state index in [1.807, 2.05) is 0 Å². The van der Waals surface area contributed by atoms with Crippen LogP contribution in [0.1, 0.15) is 75.3 Å². The zero-order valence-corrected chi connectivity index (χ0v) is 16.7. The van der Waals surface area contributed by atoms with Crippen molar-refractivity contribution in [1.29, 1.82) is 0 Å². The van der Waals surface area contributed by atoms with Crippen LogP contribution < -0.4 is 0 Å². The van der Waals surface area contributed by atoms with Crippen LogP contribution in [0.25, 0.3) is 10.8 Å². The molecule has 0 spiro atoms. The van der Waals surface area contributed by atoms with E-state index < -0.39 is 23.4 Å². The summed E-state index contributed by atoms with van der Waals surface area (Å²) in [6.45, 7) is 2.23. The summed E-state index contributed by atoms with van der Waals surface area (Å²) in [5.41, 5.74) is -0.621. The van der Waals surface area contributed by atoms with Gasteiger partial charge in [0.25, 0.3) is 0 Å². The lowest BCUT2D eigenvalue weighted by Gasteiger charge is -2.42.